The molecule has 8 atom stereocenters. The highest BCUT2D eigenvalue weighted by molar-refractivity contribution is 5.90. The zero-order chi connectivity index (χ0) is 47.2. The molecule has 4 aromatic rings. The van der Waals surface area contributed by atoms with Gasteiger partial charge in [0.05, 0.1) is 24.3 Å². The number of hydrogen-bond donors (Lipinski definition) is 2. The van der Waals surface area contributed by atoms with Crippen molar-refractivity contribution in [3.05, 3.63) is 138 Å². The first-order valence-corrected chi connectivity index (χ1v) is 24.3. The minimum atomic E-state index is -0.914. The first kappa shape index (κ1) is 46.7. The predicted molar refractivity (Wildman–Crippen MR) is 251 cm³/mol. The lowest BCUT2D eigenvalue weighted by Gasteiger charge is -2.28. The second kappa shape index (κ2) is 21.3. The molecule has 364 valence electrons. The lowest BCUT2D eigenvalue weighted by Crippen LogP contribution is -2.27. The Balaban J connectivity index is 0.576. The molecule has 0 bridgehead atoms. The molecule has 2 aliphatic heterocycles. The summed E-state index contributed by atoms with van der Waals surface area (Å²) in [5.41, 5.74) is 2.18. The van der Waals surface area contributed by atoms with Crippen LogP contribution in [0.3, 0.4) is 0 Å². The molecule has 0 radical (unpaired) electrons. The molecule has 4 aliphatic carbocycles. The van der Waals surface area contributed by atoms with Crippen LogP contribution in [0.4, 0.5) is 0 Å². The van der Waals surface area contributed by atoms with Crippen molar-refractivity contribution < 1.29 is 67.2 Å². The molecular formula is C55H60O14. The van der Waals surface area contributed by atoms with Gasteiger partial charge in [0, 0.05) is 5.41 Å². The van der Waals surface area contributed by atoms with Gasteiger partial charge < -0.3 is 57.6 Å². The first-order chi connectivity index (χ1) is 33.7. The normalized spacial score (nSPS) is 26.9. The van der Waals surface area contributed by atoms with E-state index >= 15 is 0 Å². The number of aliphatic hydroxyl groups is 2. The summed E-state index contributed by atoms with van der Waals surface area (Å²) in [6, 6.07) is 28.5. The Labute approximate surface area is 402 Å². The highest BCUT2D eigenvalue weighted by Gasteiger charge is 2.65. The Bertz CT molecular complexity index is 2400. The Morgan fingerprint density at radius 2 is 0.986 bits per heavy atom. The summed E-state index contributed by atoms with van der Waals surface area (Å²) in [4.78, 5) is 26.0. The van der Waals surface area contributed by atoms with Crippen LogP contribution in [0.15, 0.2) is 121 Å². The van der Waals surface area contributed by atoms with Crippen LogP contribution < -0.4 is 23.7 Å². The second-order valence-corrected chi connectivity index (χ2v) is 19.0. The van der Waals surface area contributed by atoms with Crippen LogP contribution in [-0.4, -0.2) is 112 Å². The summed E-state index contributed by atoms with van der Waals surface area (Å²) >= 11 is 0. The number of aliphatic hydroxyl groups excluding tert-OH is 2. The number of hydrogen-bond acceptors (Lipinski definition) is 14. The maximum atomic E-state index is 13.1. The molecule has 2 saturated heterocycles. The van der Waals surface area contributed by atoms with Gasteiger partial charge in [0.25, 0.3) is 0 Å². The van der Waals surface area contributed by atoms with E-state index in [4.69, 9.17) is 47.4 Å². The average Bonchev–Trinajstić information content (AvgIpc) is 4.29. The number of esters is 2. The van der Waals surface area contributed by atoms with Crippen molar-refractivity contribution in [2.75, 3.05) is 52.9 Å². The minimum absolute atomic E-state index is 0.00703. The van der Waals surface area contributed by atoms with E-state index in [0.29, 0.717) is 65.1 Å². The van der Waals surface area contributed by atoms with Gasteiger partial charge >= 0.3 is 11.9 Å². The third kappa shape index (κ3) is 12.4. The van der Waals surface area contributed by atoms with Crippen molar-refractivity contribution in [2.24, 2.45) is 17.3 Å². The van der Waals surface area contributed by atoms with E-state index in [0.717, 1.165) is 69.7 Å². The average molecular weight is 945 g/mol. The maximum Gasteiger partial charge on any atom is 0.338 e. The first-order valence-electron chi connectivity index (χ1n) is 24.3. The van der Waals surface area contributed by atoms with Crippen molar-refractivity contribution >= 4 is 11.9 Å². The molecular weight excluding hydrogens is 885 g/mol. The fourth-order valence-electron chi connectivity index (χ4n) is 9.82. The van der Waals surface area contributed by atoms with Crippen LogP contribution in [0.5, 0.6) is 28.7 Å². The Hall–Kier alpha value is -6.06. The fraction of sp³-hybridized carbons (Fsp3) is 0.455. The molecule has 4 aromatic carbocycles. The van der Waals surface area contributed by atoms with Gasteiger partial charge in [0.1, 0.15) is 111 Å². The Morgan fingerprint density at radius 3 is 1.49 bits per heavy atom. The third-order valence-corrected chi connectivity index (χ3v) is 13.9. The molecule has 1 spiro atoms. The van der Waals surface area contributed by atoms with Gasteiger partial charge in [-0.1, -0.05) is 18.2 Å². The molecule has 2 heterocycles. The smallest absolute Gasteiger partial charge is 0.338 e. The molecule has 6 aliphatic rings. The molecule has 10 rings (SSSR count). The number of allylic oxidation sites excluding steroid dienone is 3. The Morgan fingerprint density at radius 1 is 0.551 bits per heavy atom. The molecule has 0 amide bonds. The number of carbonyl (C=O) groups is 2. The van der Waals surface area contributed by atoms with Gasteiger partial charge in [-0.2, -0.15) is 0 Å². The molecule has 0 aromatic heterocycles. The number of epoxide rings is 2. The van der Waals surface area contributed by atoms with E-state index in [2.05, 4.69) is 30.4 Å². The summed E-state index contributed by atoms with van der Waals surface area (Å²) in [5.74, 6) is 4.57. The molecule has 3 saturated carbocycles. The fourth-order valence-corrected chi connectivity index (χ4v) is 9.82. The highest BCUT2D eigenvalue weighted by Crippen LogP contribution is 2.69. The SMILES string of the molecule is O=C(OC1CCC(c2ccc(OCC3CO3)cc2)CC1)c1ccc(OCC(O)COc2ccc(OCC(O)COc3ccc(C(=O)OC4CCC5C6C=CC(OCC7CO7)=C[C@@]65C4)cc3)cc2)cc1. The molecule has 14 heteroatoms. The van der Waals surface area contributed by atoms with Gasteiger partial charge in [0.15, 0.2) is 0 Å². The monoisotopic (exact) mass is 944 g/mol. The summed E-state index contributed by atoms with van der Waals surface area (Å²) in [6.45, 7) is 2.66. The van der Waals surface area contributed by atoms with Crippen LogP contribution >= 0.6 is 0 Å². The number of benzene rings is 4. The summed E-state index contributed by atoms with van der Waals surface area (Å²) in [7, 11) is 0. The largest absolute Gasteiger partial charge is 0.491 e. The van der Waals surface area contributed by atoms with Gasteiger partial charge in [-0.25, -0.2) is 9.59 Å². The summed E-state index contributed by atoms with van der Waals surface area (Å²) < 4.78 is 57.0. The van der Waals surface area contributed by atoms with Gasteiger partial charge in [-0.15, -0.1) is 0 Å². The number of fused-ring (bicyclic) bond motifs is 1. The van der Waals surface area contributed by atoms with Crippen LogP contribution in [0, 0.1) is 17.3 Å². The minimum Gasteiger partial charge on any atom is -0.491 e. The standard InChI is InChI=1S/C55H60O14/c56-39(27-60-41-11-5-37(6-12-41)53(58)68-46-15-3-36(4-16-46)35-1-9-43(10-2-35)64-31-49-33-66-49)29-62-44-17-19-45(20-18-44)63-30-40(57)28-61-42-13-7-38(8-14-42)54(59)69-48-22-24-52-51-23-21-47(25-55(51,52)26-48)65-32-50-34-67-50/h1-2,5-14,17-21,23,25,36,39-40,46,48-52,56-57H,3-4,15-16,22,24,26-34H2/t36?,39?,40?,46?,48?,49?,50?,51?,52?,55-/m1/s1. The van der Waals surface area contributed by atoms with Gasteiger partial charge in [-0.3, -0.25) is 0 Å². The third-order valence-electron chi connectivity index (χ3n) is 13.9. The van der Waals surface area contributed by atoms with E-state index < -0.39 is 12.2 Å². The highest BCUT2D eigenvalue weighted by atomic mass is 16.6. The van der Waals surface area contributed by atoms with Crippen molar-refractivity contribution in [1.29, 1.82) is 0 Å². The van der Waals surface area contributed by atoms with Crippen molar-refractivity contribution in [3.63, 3.8) is 0 Å². The molecule has 14 nitrogen and oxygen atoms in total. The Kier molecular flexibility index (Phi) is 14.4. The number of carbonyl (C=O) groups excluding carboxylic acids is 2. The van der Waals surface area contributed by atoms with E-state index in [1.165, 1.54) is 5.56 Å². The topological polar surface area (TPSA) is 174 Å². The van der Waals surface area contributed by atoms with Crippen LogP contribution in [0.2, 0.25) is 0 Å². The van der Waals surface area contributed by atoms with Crippen LogP contribution in [0.25, 0.3) is 0 Å². The quantitative estimate of drug-likeness (QED) is 0.0545. The van der Waals surface area contributed by atoms with Crippen molar-refractivity contribution in [1.82, 2.24) is 0 Å². The predicted octanol–water partition coefficient (Wildman–Crippen LogP) is 7.80. The zero-order valence-corrected chi connectivity index (χ0v) is 38.6. The molecule has 2 N–H and O–H groups in total. The molecule has 5 fully saturated rings. The van der Waals surface area contributed by atoms with Gasteiger partial charge in [0.2, 0.25) is 0 Å². The molecule has 69 heavy (non-hydrogen) atoms. The van der Waals surface area contributed by atoms with Crippen molar-refractivity contribution in [2.45, 2.75) is 87.5 Å². The lowest BCUT2D eigenvalue weighted by molar-refractivity contribution is 0.0153. The number of ether oxygens (including phenoxy) is 10. The van der Waals surface area contributed by atoms with Crippen LogP contribution in [0.1, 0.15) is 77.1 Å². The summed E-state index contributed by atoms with van der Waals surface area (Å²) in [5, 5.41) is 21.1. The summed E-state index contributed by atoms with van der Waals surface area (Å²) in [6.07, 6.45) is 11.1. The van der Waals surface area contributed by atoms with Crippen molar-refractivity contribution in [3.8, 4) is 28.7 Å². The molecule has 7 unspecified atom stereocenters. The van der Waals surface area contributed by atoms with Crippen LogP contribution in [-0.2, 0) is 23.7 Å². The second-order valence-electron chi connectivity index (χ2n) is 19.0. The van der Waals surface area contributed by atoms with E-state index in [-0.39, 0.29) is 68.2 Å². The van der Waals surface area contributed by atoms with E-state index in [1.54, 1.807) is 72.8 Å². The van der Waals surface area contributed by atoms with Gasteiger partial charge in [-0.05, 0) is 165 Å². The zero-order valence-electron chi connectivity index (χ0n) is 38.6. The number of rotatable bonds is 23. The maximum absolute atomic E-state index is 13.1. The van der Waals surface area contributed by atoms with E-state index in [9.17, 15) is 19.8 Å². The lowest BCUT2D eigenvalue weighted by atomic mass is 9.83. The van der Waals surface area contributed by atoms with E-state index in [1.807, 2.05) is 12.1 Å².